The molecular formula is C22H20N6O2. The van der Waals surface area contributed by atoms with Gasteiger partial charge in [-0.1, -0.05) is 18.2 Å². The van der Waals surface area contributed by atoms with E-state index in [2.05, 4.69) is 24.8 Å². The minimum absolute atomic E-state index is 0.0676. The molecule has 0 spiro atoms. The minimum atomic E-state index is -0.0676. The highest BCUT2D eigenvalue weighted by atomic mass is 16.4. The molecule has 30 heavy (non-hydrogen) atoms. The van der Waals surface area contributed by atoms with Crippen LogP contribution in [0.25, 0.3) is 22.6 Å². The van der Waals surface area contributed by atoms with Gasteiger partial charge < -0.3 is 14.2 Å². The number of anilines is 1. The standard InChI is InChI=1S/C22H20N6O2/c29-21(16-14-24-20(25-15-16)18-7-3-4-9-23-18)27-10-5-11-28(13-12-27)22-26-17-6-1-2-8-19(17)30-22/h1-4,6-9,14-15H,5,10-13H2. The number of benzene rings is 1. The van der Waals surface area contributed by atoms with E-state index in [1.807, 2.05) is 47.4 Å². The number of aromatic nitrogens is 4. The SMILES string of the molecule is O=C(c1cnc(-c2ccccn2)nc1)N1CCCN(c2nc3ccccc3o2)CC1. The van der Waals surface area contributed by atoms with Crippen LogP contribution in [0, 0.1) is 0 Å². The minimum Gasteiger partial charge on any atom is -0.423 e. The van der Waals surface area contributed by atoms with Crippen molar-refractivity contribution in [2.24, 2.45) is 0 Å². The number of hydrogen-bond donors (Lipinski definition) is 0. The molecule has 1 amide bonds. The first kappa shape index (κ1) is 18.2. The van der Waals surface area contributed by atoms with Crippen molar-refractivity contribution < 1.29 is 9.21 Å². The first-order valence-electron chi connectivity index (χ1n) is 9.91. The van der Waals surface area contributed by atoms with E-state index in [9.17, 15) is 4.79 Å². The van der Waals surface area contributed by atoms with Crippen LogP contribution in [-0.2, 0) is 0 Å². The lowest BCUT2D eigenvalue weighted by molar-refractivity contribution is 0.0766. The largest absolute Gasteiger partial charge is 0.423 e. The third-order valence-corrected chi connectivity index (χ3v) is 5.13. The van der Waals surface area contributed by atoms with E-state index in [4.69, 9.17) is 4.42 Å². The van der Waals surface area contributed by atoms with Crippen molar-refractivity contribution in [3.05, 3.63) is 66.6 Å². The molecule has 150 valence electrons. The Labute approximate surface area is 173 Å². The van der Waals surface area contributed by atoms with Gasteiger partial charge in [-0.05, 0) is 30.7 Å². The number of rotatable bonds is 3. The predicted molar refractivity (Wildman–Crippen MR) is 112 cm³/mol. The van der Waals surface area contributed by atoms with Crippen LogP contribution in [0.5, 0.6) is 0 Å². The fourth-order valence-electron chi connectivity index (χ4n) is 3.56. The van der Waals surface area contributed by atoms with Crippen molar-refractivity contribution in [1.29, 1.82) is 0 Å². The van der Waals surface area contributed by atoms with E-state index in [1.165, 1.54) is 0 Å². The number of para-hydroxylation sites is 2. The number of oxazole rings is 1. The van der Waals surface area contributed by atoms with Crippen LogP contribution in [-0.4, -0.2) is 56.9 Å². The zero-order valence-electron chi connectivity index (χ0n) is 16.3. The van der Waals surface area contributed by atoms with Gasteiger partial charge in [0.15, 0.2) is 11.4 Å². The maximum atomic E-state index is 13.0. The molecule has 1 aliphatic heterocycles. The average molecular weight is 400 g/mol. The Bertz CT molecular complexity index is 1130. The maximum Gasteiger partial charge on any atom is 0.298 e. The third-order valence-electron chi connectivity index (χ3n) is 5.13. The smallest absolute Gasteiger partial charge is 0.298 e. The lowest BCUT2D eigenvalue weighted by Crippen LogP contribution is -2.35. The van der Waals surface area contributed by atoms with Crippen molar-refractivity contribution in [3.8, 4) is 11.5 Å². The van der Waals surface area contributed by atoms with E-state index >= 15 is 0 Å². The normalized spacial score (nSPS) is 14.7. The number of hydrogen-bond acceptors (Lipinski definition) is 7. The molecule has 4 aromatic rings. The average Bonchev–Trinajstić information content (AvgIpc) is 3.09. The van der Waals surface area contributed by atoms with Crippen LogP contribution in [0.15, 0.2) is 65.5 Å². The molecule has 0 bridgehead atoms. The number of carbonyl (C=O) groups excluding carboxylic acids is 1. The quantitative estimate of drug-likeness (QED) is 0.522. The molecule has 0 atom stereocenters. The molecule has 3 aromatic heterocycles. The summed E-state index contributed by atoms with van der Waals surface area (Å²) in [5.41, 5.74) is 2.77. The van der Waals surface area contributed by atoms with E-state index in [1.54, 1.807) is 18.6 Å². The highest BCUT2D eigenvalue weighted by Crippen LogP contribution is 2.23. The fourth-order valence-corrected chi connectivity index (χ4v) is 3.56. The lowest BCUT2D eigenvalue weighted by atomic mass is 10.2. The van der Waals surface area contributed by atoms with Crippen molar-refractivity contribution in [2.45, 2.75) is 6.42 Å². The van der Waals surface area contributed by atoms with E-state index in [0.29, 0.717) is 42.7 Å². The second-order valence-corrected chi connectivity index (χ2v) is 7.11. The summed E-state index contributed by atoms with van der Waals surface area (Å²) < 4.78 is 5.88. The van der Waals surface area contributed by atoms with Gasteiger partial charge in [-0.25, -0.2) is 9.97 Å². The number of fused-ring (bicyclic) bond motifs is 1. The van der Waals surface area contributed by atoms with Gasteiger partial charge in [0.1, 0.15) is 11.2 Å². The van der Waals surface area contributed by atoms with E-state index in [-0.39, 0.29) is 5.91 Å². The molecular weight excluding hydrogens is 380 g/mol. The summed E-state index contributed by atoms with van der Waals surface area (Å²) in [4.78, 5) is 34.3. The van der Waals surface area contributed by atoms with E-state index in [0.717, 1.165) is 24.1 Å². The highest BCUT2D eigenvalue weighted by Gasteiger charge is 2.23. The molecule has 0 aliphatic carbocycles. The second kappa shape index (κ2) is 7.90. The summed E-state index contributed by atoms with van der Waals surface area (Å²) in [6.45, 7) is 2.69. The van der Waals surface area contributed by atoms with Gasteiger partial charge in [0.2, 0.25) is 0 Å². The fraction of sp³-hybridized carbons (Fsp3) is 0.227. The summed E-state index contributed by atoms with van der Waals surface area (Å²) >= 11 is 0. The highest BCUT2D eigenvalue weighted by molar-refractivity contribution is 5.93. The zero-order valence-corrected chi connectivity index (χ0v) is 16.3. The number of pyridine rings is 1. The molecule has 1 fully saturated rings. The molecule has 8 nitrogen and oxygen atoms in total. The molecule has 0 radical (unpaired) electrons. The summed E-state index contributed by atoms with van der Waals surface area (Å²) in [7, 11) is 0. The topological polar surface area (TPSA) is 88.3 Å². The summed E-state index contributed by atoms with van der Waals surface area (Å²) in [5, 5.41) is 0. The molecule has 1 saturated heterocycles. The monoisotopic (exact) mass is 400 g/mol. The summed E-state index contributed by atoms with van der Waals surface area (Å²) in [5.74, 6) is 0.437. The number of nitrogens with zero attached hydrogens (tertiary/aromatic N) is 6. The number of amides is 1. The van der Waals surface area contributed by atoms with Gasteiger partial charge in [-0.3, -0.25) is 9.78 Å². The van der Waals surface area contributed by atoms with Crippen LogP contribution < -0.4 is 4.90 Å². The molecule has 1 aromatic carbocycles. The van der Waals surface area contributed by atoms with Crippen LogP contribution in [0.4, 0.5) is 6.01 Å². The Balaban J connectivity index is 1.28. The van der Waals surface area contributed by atoms with Gasteiger partial charge in [-0.15, -0.1) is 0 Å². The first-order chi connectivity index (χ1) is 14.8. The predicted octanol–water partition coefficient (Wildman–Crippen LogP) is 3.03. The third kappa shape index (κ3) is 3.59. The van der Waals surface area contributed by atoms with Gasteiger partial charge in [0.25, 0.3) is 11.9 Å². The van der Waals surface area contributed by atoms with Gasteiger partial charge in [0, 0.05) is 44.8 Å². The van der Waals surface area contributed by atoms with Crippen LogP contribution in [0.1, 0.15) is 16.8 Å². The molecule has 1 aliphatic rings. The Morgan fingerprint density at radius 1 is 0.900 bits per heavy atom. The van der Waals surface area contributed by atoms with Crippen molar-refractivity contribution in [1.82, 2.24) is 24.8 Å². The molecule has 0 saturated carbocycles. The van der Waals surface area contributed by atoms with Crippen molar-refractivity contribution in [3.63, 3.8) is 0 Å². The molecule has 4 heterocycles. The van der Waals surface area contributed by atoms with Crippen LogP contribution in [0.2, 0.25) is 0 Å². The lowest BCUT2D eigenvalue weighted by Gasteiger charge is -2.21. The molecule has 8 heteroatoms. The Morgan fingerprint density at radius 3 is 2.53 bits per heavy atom. The number of carbonyl (C=O) groups is 1. The van der Waals surface area contributed by atoms with Crippen LogP contribution in [0.3, 0.4) is 0 Å². The Kier molecular flexibility index (Phi) is 4.80. The summed E-state index contributed by atoms with van der Waals surface area (Å²) in [6.07, 6.45) is 5.67. The molecule has 0 N–H and O–H groups in total. The first-order valence-corrected chi connectivity index (χ1v) is 9.91. The second-order valence-electron chi connectivity index (χ2n) is 7.11. The van der Waals surface area contributed by atoms with Gasteiger partial charge in [0.05, 0.1) is 5.56 Å². The maximum absolute atomic E-state index is 13.0. The van der Waals surface area contributed by atoms with E-state index < -0.39 is 0 Å². The van der Waals surface area contributed by atoms with Gasteiger partial charge >= 0.3 is 0 Å². The van der Waals surface area contributed by atoms with Gasteiger partial charge in [-0.2, -0.15) is 4.98 Å². The Morgan fingerprint density at radius 2 is 1.73 bits per heavy atom. The van der Waals surface area contributed by atoms with Crippen LogP contribution >= 0.6 is 0 Å². The molecule has 5 rings (SSSR count). The summed E-state index contributed by atoms with van der Waals surface area (Å²) in [6, 6.07) is 13.9. The molecule has 0 unspecified atom stereocenters. The zero-order chi connectivity index (χ0) is 20.3. The van der Waals surface area contributed by atoms with Crippen molar-refractivity contribution in [2.75, 3.05) is 31.1 Å². The Hall–Kier alpha value is -3.81. The van der Waals surface area contributed by atoms with Crippen molar-refractivity contribution >= 4 is 23.0 Å².